The van der Waals surface area contributed by atoms with Crippen LogP contribution < -0.4 is 5.32 Å². The molecule has 78 valence electrons. The van der Waals surface area contributed by atoms with Crippen molar-refractivity contribution in [3.63, 3.8) is 0 Å². The Bertz CT molecular complexity index is 416. The van der Waals surface area contributed by atoms with Crippen LogP contribution in [0.3, 0.4) is 0 Å². The first-order valence-corrected chi connectivity index (χ1v) is 5.06. The van der Waals surface area contributed by atoms with Gasteiger partial charge in [0, 0.05) is 12.2 Å². The number of halogens is 1. The van der Waals surface area contributed by atoms with Crippen molar-refractivity contribution in [3.05, 3.63) is 29.6 Å². The number of benzene rings is 1. The second-order valence-electron chi connectivity index (χ2n) is 4.50. The predicted molar refractivity (Wildman–Crippen MR) is 56.9 cm³/mol. The van der Waals surface area contributed by atoms with Crippen molar-refractivity contribution in [3.8, 4) is 6.07 Å². The summed E-state index contributed by atoms with van der Waals surface area (Å²) in [5, 5.41) is 11.9. The van der Waals surface area contributed by atoms with Crippen LogP contribution in [0.25, 0.3) is 0 Å². The van der Waals surface area contributed by atoms with Crippen molar-refractivity contribution in [2.75, 3.05) is 11.9 Å². The average Bonchev–Trinajstić information content (AvgIpc) is 2.94. The summed E-state index contributed by atoms with van der Waals surface area (Å²) in [5.74, 6) is -0.363. The molecule has 0 amide bonds. The lowest BCUT2D eigenvalue weighted by molar-refractivity contribution is 0.607. The Morgan fingerprint density at radius 1 is 1.47 bits per heavy atom. The summed E-state index contributed by atoms with van der Waals surface area (Å²) in [6, 6.07) is 6.28. The fourth-order valence-electron chi connectivity index (χ4n) is 1.46. The fourth-order valence-corrected chi connectivity index (χ4v) is 1.46. The van der Waals surface area contributed by atoms with Gasteiger partial charge < -0.3 is 5.32 Å². The van der Waals surface area contributed by atoms with Crippen molar-refractivity contribution >= 4 is 5.69 Å². The van der Waals surface area contributed by atoms with Gasteiger partial charge in [-0.3, -0.25) is 0 Å². The standard InChI is InChI=1S/C12H13FN2/c1-12(2-3-12)8-15-11-5-9(7-14)4-10(13)6-11/h4-6,15H,2-3,8H2,1H3. The molecule has 0 saturated heterocycles. The highest BCUT2D eigenvalue weighted by atomic mass is 19.1. The van der Waals surface area contributed by atoms with Gasteiger partial charge in [0.1, 0.15) is 5.82 Å². The lowest BCUT2D eigenvalue weighted by Gasteiger charge is -2.11. The molecule has 0 unspecified atom stereocenters. The highest BCUT2D eigenvalue weighted by molar-refractivity contribution is 5.49. The molecule has 1 aromatic carbocycles. The third kappa shape index (κ3) is 2.47. The molecule has 2 nitrogen and oxygen atoms in total. The van der Waals surface area contributed by atoms with E-state index < -0.39 is 0 Å². The minimum Gasteiger partial charge on any atom is -0.384 e. The molecule has 0 aliphatic heterocycles. The number of nitriles is 1. The molecule has 1 aromatic rings. The molecule has 0 spiro atoms. The van der Waals surface area contributed by atoms with Gasteiger partial charge in [0.15, 0.2) is 0 Å². The molecule has 0 heterocycles. The van der Waals surface area contributed by atoms with Gasteiger partial charge in [0.25, 0.3) is 0 Å². The van der Waals surface area contributed by atoms with Gasteiger partial charge in [-0.1, -0.05) is 6.92 Å². The van der Waals surface area contributed by atoms with Crippen LogP contribution in [-0.2, 0) is 0 Å². The van der Waals surface area contributed by atoms with E-state index in [0.717, 1.165) is 6.54 Å². The lowest BCUT2D eigenvalue weighted by atomic mass is 10.1. The summed E-state index contributed by atoms with van der Waals surface area (Å²) < 4.78 is 13.1. The van der Waals surface area contributed by atoms with Crippen molar-refractivity contribution in [2.24, 2.45) is 5.41 Å². The Morgan fingerprint density at radius 2 is 2.20 bits per heavy atom. The Hall–Kier alpha value is -1.56. The van der Waals surface area contributed by atoms with Crippen LogP contribution in [-0.4, -0.2) is 6.54 Å². The van der Waals surface area contributed by atoms with E-state index in [-0.39, 0.29) is 5.82 Å². The van der Waals surface area contributed by atoms with Gasteiger partial charge in [-0.25, -0.2) is 4.39 Å². The van der Waals surface area contributed by atoms with Gasteiger partial charge in [-0.2, -0.15) is 5.26 Å². The topological polar surface area (TPSA) is 35.8 Å². The van der Waals surface area contributed by atoms with Gasteiger partial charge in [-0.05, 0) is 36.5 Å². The first kappa shape index (κ1) is 9.97. The van der Waals surface area contributed by atoms with Crippen LogP contribution in [0.2, 0.25) is 0 Å². The molecule has 1 fully saturated rings. The second kappa shape index (κ2) is 3.54. The Morgan fingerprint density at radius 3 is 2.80 bits per heavy atom. The van der Waals surface area contributed by atoms with Crippen molar-refractivity contribution < 1.29 is 4.39 Å². The molecule has 0 atom stereocenters. The van der Waals surface area contributed by atoms with E-state index in [1.54, 1.807) is 6.07 Å². The maximum absolute atomic E-state index is 13.1. The third-order valence-corrected chi connectivity index (χ3v) is 2.85. The molecule has 15 heavy (non-hydrogen) atoms. The molecule has 1 aliphatic rings. The second-order valence-corrected chi connectivity index (χ2v) is 4.50. The van der Waals surface area contributed by atoms with E-state index in [1.165, 1.54) is 25.0 Å². The molecule has 1 saturated carbocycles. The Labute approximate surface area is 88.7 Å². The number of nitrogens with zero attached hydrogens (tertiary/aromatic N) is 1. The van der Waals surface area contributed by atoms with E-state index in [9.17, 15) is 4.39 Å². The van der Waals surface area contributed by atoms with Crippen molar-refractivity contribution in [1.82, 2.24) is 0 Å². The minimum absolute atomic E-state index is 0.360. The maximum atomic E-state index is 13.1. The molecular formula is C12H13FN2. The molecule has 1 aliphatic carbocycles. The van der Waals surface area contributed by atoms with Crippen LogP contribution in [0.15, 0.2) is 18.2 Å². The van der Waals surface area contributed by atoms with E-state index in [1.807, 2.05) is 6.07 Å². The van der Waals surface area contributed by atoms with E-state index >= 15 is 0 Å². The van der Waals surface area contributed by atoms with Gasteiger partial charge in [-0.15, -0.1) is 0 Å². The molecule has 0 radical (unpaired) electrons. The lowest BCUT2D eigenvalue weighted by Crippen LogP contribution is -2.11. The highest BCUT2D eigenvalue weighted by Gasteiger charge is 2.36. The summed E-state index contributed by atoms with van der Waals surface area (Å²) in [5.41, 5.74) is 1.43. The number of anilines is 1. The fraction of sp³-hybridized carbons (Fsp3) is 0.417. The number of hydrogen-bond donors (Lipinski definition) is 1. The summed E-state index contributed by atoms with van der Waals surface area (Å²) in [7, 11) is 0. The molecule has 0 bridgehead atoms. The largest absolute Gasteiger partial charge is 0.384 e. The minimum atomic E-state index is -0.363. The molecule has 1 N–H and O–H groups in total. The normalized spacial score (nSPS) is 16.9. The zero-order valence-electron chi connectivity index (χ0n) is 8.68. The monoisotopic (exact) mass is 204 g/mol. The zero-order valence-corrected chi connectivity index (χ0v) is 8.68. The van der Waals surface area contributed by atoms with Gasteiger partial charge in [0.05, 0.1) is 11.6 Å². The Balaban J connectivity index is 2.07. The predicted octanol–water partition coefficient (Wildman–Crippen LogP) is 2.91. The van der Waals surface area contributed by atoms with E-state index in [0.29, 0.717) is 16.7 Å². The van der Waals surface area contributed by atoms with Gasteiger partial charge in [0.2, 0.25) is 0 Å². The average molecular weight is 204 g/mol. The first-order valence-electron chi connectivity index (χ1n) is 5.06. The van der Waals surface area contributed by atoms with Gasteiger partial charge >= 0.3 is 0 Å². The zero-order chi connectivity index (χ0) is 10.9. The van der Waals surface area contributed by atoms with Crippen LogP contribution in [0, 0.1) is 22.6 Å². The maximum Gasteiger partial charge on any atom is 0.126 e. The number of hydrogen-bond acceptors (Lipinski definition) is 2. The number of rotatable bonds is 3. The first-order chi connectivity index (χ1) is 7.11. The van der Waals surface area contributed by atoms with Crippen LogP contribution in [0.1, 0.15) is 25.3 Å². The van der Waals surface area contributed by atoms with Crippen LogP contribution in [0.4, 0.5) is 10.1 Å². The Kier molecular flexibility index (Phi) is 2.36. The van der Waals surface area contributed by atoms with E-state index in [2.05, 4.69) is 12.2 Å². The summed E-state index contributed by atoms with van der Waals surface area (Å²) in [6.45, 7) is 3.05. The van der Waals surface area contributed by atoms with Crippen molar-refractivity contribution in [2.45, 2.75) is 19.8 Å². The van der Waals surface area contributed by atoms with Crippen molar-refractivity contribution in [1.29, 1.82) is 5.26 Å². The summed E-state index contributed by atoms with van der Waals surface area (Å²) in [4.78, 5) is 0. The molecule has 3 heteroatoms. The summed E-state index contributed by atoms with van der Waals surface area (Å²) >= 11 is 0. The SMILES string of the molecule is CC1(CNc2cc(F)cc(C#N)c2)CC1. The summed E-state index contributed by atoms with van der Waals surface area (Å²) in [6.07, 6.45) is 2.45. The van der Waals surface area contributed by atoms with Crippen LogP contribution >= 0.6 is 0 Å². The third-order valence-electron chi connectivity index (χ3n) is 2.85. The number of nitrogens with one attached hydrogen (secondary N) is 1. The molecule has 2 rings (SSSR count). The quantitative estimate of drug-likeness (QED) is 0.821. The van der Waals surface area contributed by atoms with Crippen LogP contribution in [0.5, 0.6) is 0 Å². The highest BCUT2D eigenvalue weighted by Crippen LogP contribution is 2.44. The van der Waals surface area contributed by atoms with E-state index in [4.69, 9.17) is 5.26 Å². The smallest absolute Gasteiger partial charge is 0.126 e. The molecular weight excluding hydrogens is 191 g/mol. The molecule has 0 aromatic heterocycles.